The number of phenolic OH excluding ortho intramolecular Hbond substituents is 1. The Hall–Kier alpha value is -2.46. The van der Waals surface area contributed by atoms with Crippen molar-refractivity contribution in [2.24, 2.45) is 0 Å². The Bertz CT molecular complexity index is 750. The minimum absolute atomic E-state index is 0.000557. The second-order valence-electron chi connectivity index (χ2n) is 5.26. The number of carboxylic acid groups (broad SMARTS) is 1. The molecule has 0 bridgehead atoms. The molecule has 0 aliphatic carbocycles. The maximum atomic E-state index is 11.6. The van der Waals surface area contributed by atoms with E-state index in [2.05, 4.69) is 0 Å². The Morgan fingerprint density at radius 3 is 2.57 bits per heavy atom. The van der Waals surface area contributed by atoms with Gasteiger partial charge in [0, 0.05) is 10.6 Å². The number of hydrogen-bond acceptors (Lipinski definition) is 3. The Morgan fingerprint density at radius 1 is 1.22 bits per heavy atom. The molecule has 0 amide bonds. The van der Waals surface area contributed by atoms with E-state index in [0.717, 1.165) is 0 Å². The lowest BCUT2D eigenvalue weighted by Gasteiger charge is -2.13. The molecule has 0 saturated carbocycles. The van der Waals surface area contributed by atoms with Crippen LogP contribution in [0.15, 0.2) is 42.5 Å². The van der Waals surface area contributed by atoms with Gasteiger partial charge in [0.2, 0.25) is 0 Å². The van der Waals surface area contributed by atoms with Gasteiger partial charge in [-0.05, 0) is 55.8 Å². The lowest BCUT2D eigenvalue weighted by atomic mass is 10.0. The molecule has 5 heteroatoms. The van der Waals surface area contributed by atoms with E-state index >= 15 is 0 Å². The van der Waals surface area contributed by atoms with Gasteiger partial charge >= 0.3 is 5.97 Å². The molecule has 2 N–H and O–H groups in total. The minimum Gasteiger partial charge on any atom is -0.508 e. The number of halogens is 1. The zero-order valence-corrected chi connectivity index (χ0v) is 13.5. The van der Waals surface area contributed by atoms with Crippen LogP contribution in [-0.4, -0.2) is 22.3 Å². The normalized spacial score (nSPS) is 11.6. The van der Waals surface area contributed by atoms with Crippen molar-refractivity contribution in [2.45, 2.75) is 20.0 Å². The zero-order chi connectivity index (χ0) is 17.0. The highest BCUT2D eigenvalue weighted by atomic mass is 35.5. The first-order valence-corrected chi connectivity index (χ1v) is 7.45. The minimum atomic E-state index is -1.11. The van der Waals surface area contributed by atoms with Gasteiger partial charge in [-0.1, -0.05) is 23.7 Å². The number of carboxylic acids is 1. The van der Waals surface area contributed by atoms with Crippen molar-refractivity contribution in [3.05, 3.63) is 58.6 Å². The van der Waals surface area contributed by atoms with Crippen LogP contribution in [0, 0.1) is 0 Å². The maximum absolute atomic E-state index is 11.6. The topological polar surface area (TPSA) is 66.8 Å². The number of aliphatic carboxylic acids is 1. The Balaban J connectivity index is 2.56. The average molecular weight is 333 g/mol. The molecule has 0 aliphatic rings. The van der Waals surface area contributed by atoms with E-state index in [-0.39, 0.29) is 17.4 Å². The van der Waals surface area contributed by atoms with Crippen LogP contribution in [-0.2, 0) is 4.79 Å². The third-order valence-electron chi connectivity index (χ3n) is 3.02. The molecule has 0 aliphatic heterocycles. The lowest BCUT2D eigenvalue weighted by Crippen LogP contribution is -2.07. The molecule has 23 heavy (non-hydrogen) atoms. The molecule has 0 aromatic heterocycles. The van der Waals surface area contributed by atoms with Crippen LogP contribution in [0.4, 0.5) is 0 Å². The Morgan fingerprint density at radius 2 is 1.96 bits per heavy atom. The second kappa shape index (κ2) is 7.20. The Labute approximate surface area is 139 Å². The molecule has 0 fully saturated rings. The first-order valence-electron chi connectivity index (χ1n) is 7.07. The summed E-state index contributed by atoms with van der Waals surface area (Å²) in [6.45, 7) is 3.77. The summed E-state index contributed by atoms with van der Waals surface area (Å²) in [7, 11) is 0. The van der Waals surface area contributed by atoms with Crippen molar-refractivity contribution in [2.75, 3.05) is 0 Å². The standard InChI is InChI=1S/C18H17ClO4/c1-11(2)23-17-7-6-14(19)8-13(17)10-16(18(21)22)12-4-3-5-15(20)9-12/h3-11,20H,1-2H3,(H,21,22)/b16-10-. The first kappa shape index (κ1) is 16.9. The molecule has 2 aromatic carbocycles. The van der Waals surface area contributed by atoms with Gasteiger partial charge < -0.3 is 14.9 Å². The van der Waals surface area contributed by atoms with Gasteiger partial charge in [-0.3, -0.25) is 0 Å². The lowest BCUT2D eigenvalue weighted by molar-refractivity contribution is -0.130. The molecule has 4 nitrogen and oxygen atoms in total. The van der Waals surface area contributed by atoms with E-state index in [0.29, 0.717) is 21.9 Å². The van der Waals surface area contributed by atoms with Crippen molar-refractivity contribution >= 4 is 29.2 Å². The van der Waals surface area contributed by atoms with Crippen LogP contribution in [0.25, 0.3) is 11.6 Å². The van der Waals surface area contributed by atoms with Gasteiger partial charge in [0.25, 0.3) is 0 Å². The zero-order valence-electron chi connectivity index (χ0n) is 12.8. The summed E-state index contributed by atoms with van der Waals surface area (Å²) in [4.78, 5) is 11.6. The van der Waals surface area contributed by atoms with Gasteiger partial charge in [-0.25, -0.2) is 4.79 Å². The number of ether oxygens (including phenoxy) is 1. The van der Waals surface area contributed by atoms with Crippen LogP contribution in [0.1, 0.15) is 25.0 Å². The molecular formula is C18H17ClO4. The molecular weight excluding hydrogens is 316 g/mol. The maximum Gasteiger partial charge on any atom is 0.336 e. The van der Waals surface area contributed by atoms with Gasteiger partial charge in [0.1, 0.15) is 11.5 Å². The number of hydrogen-bond donors (Lipinski definition) is 2. The summed E-state index contributed by atoms with van der Waals surface area (Å²) < 4.78 is 5.70. The van der Waals surface area contributed by atoms with Gasteiger partial charge in [0.15, 0.2) is 0 Å². The monoisotopic (exact) mass is 332 g/mol. The first-order chi connectivity index (χ1) is 10.9. The van der Waals surface area contributed by atoms with Crippen LogP contribution >= 0.6 is 11.6 Å². The largest absolute Gasteiger partial charge is 0.508 e. The number of aromatic hydroxyl groups is 1. The fraction of sp³-hybridized carbons (Fsp3) is 0.167. The van der Waals surface area contributed by atoms with E-state index < -0.39 is 5.97 Å². The van der Waals surface area contributed by atoms with Crippen molar-refractivity contribution in [3.63, 3.8) is 0 Å². The van der Waals surface area contributed by atoms with Gasteiger partial charge in [-0.15, -0.1) is 0 Å². The summed E-state index contributed by atoms with van der Waals surface area (Å²) in [5, 5.41) is 19.5. The van der Waals surface area contributed by atoms with E-state index in [1.807, 2.05) is 13.8 Å². The Kier molecular flexibility index (Phi) is 5.29. The fourth-order valence-electron chi connectivity index (χ4n) is 2.09. The van der Waals surface area contributed by atoms with Crippen molar-refractivity contribution in [1.82, 2.24) is 0 Å². The molecule has 0 spiro atoms. The fourth-order valence-corrected chi connectivity index (χ4v) is 2.27. The molecule has 120 valence electrons. The predicted octanol–water partition coefficient (Wildman–Crippen LogP) is 4.46. The van der Waals surface area contributed by atoms with Crippen LogP contribution < -0.4 is 4.74 Å². The van der Waals surface area contributed by atoms with E-state index in [1.165, 1.54) is 18.2 Å². The van der Waals surface area contributed by atoms with Crippen molar-refractivity contribution < 1.29 is 19.7 Å². The summed E-state index contributed by atoms with van der Waals surface area (Å²) in [6, 6.07) is 11.1. The van der Waals surface area contributed by atoms with E-state index in [9.17, 15) is 15.0 Å². The second-order valence-corrected chi connectivity index (χ2v) is 5.70. The van der Waals surface area contributed by atoms with Crippen molar-refractivity contribution in [3.8, 4) is 11.5 Å². The van der Waals surface area contributed by atoms with Gasteiger partial charge in [-0.2, -0.15) is 0 Å². The number of carbonyl (C=O) groups is 1. The van der Waals surface area contributed by atoms with Crippen molar-refractivity contribution in [1.29, 1.82) is 0 Å². The molecule has 0 saturated heterocycles. The summed E-state index contributed by atoms with van der Waals surface area (Å²) >= 11 is 6.02. The summed E-state index contributed by atoms with van der Waals surface area (Å²) in [6.07, 6.45) is 1.43. The third kappa shape index (κ3) is 4.50. The van der Waals surface area contributed by atoms with Crippen LogP contribution in [0.5, 0.6) is 11.5 Å². The highest BCUT2D eigenvalue weighted by Gasteiger charge is 2.13. The van der Waals surface area contributed by atoms with E-state index in [4.69, 9.17) is 16.3 Å². The number of benzene rings is 2. The SMILES string of the molecule is CC(C)Oc1ccc(Cl)cc1/C=C(\C(=O)O)c1cccc(O)c1. The molecule has 0 atom stereocenters. The summed E-state index contributed by atoms with van der Waals surface area (Å²) in [5.41, 5.74) is 0.997. The highest BCUT2D eigenvalue weighted by molar-refractivity contribution is 6.31. The molecule has 2 aromatic rings. The third-order valence-corrected chi connectivity index (χ3v) is 3.26. The van der Waals surface area contributed by atoms with Gasteiger partial charge in [0.05, 0.1) is 11.7 Å². The molecule has 0 heterocycles. The number of phenols is 1. The molecule has 0 unspecified atom stereocenters. The average Bonchev–Trinajstić information content (AvgIpc) is 2.46. The summed E-state index contributed by atoms with van der Waals surface area (Å²) in [5.74, 6) is -0.561. The predicted molar refractivity (Wildman–Crippen MR) is 90.8 cm³/mol. The highest BCUT2D eigenvalue weighted by Crippen LogP contribution is 2.29. The molecule has 2 rings (SSSR count). The number of rotatable bonds is 5. The van der Waals surface area contributed by atoms with Crippen LogP contribution in [0.3, 0.4) is 0 Å². The smallest absolute Gasteiger partial charge is 0.336 e. The van der Waals surface area contributed by atoms with Crippen LogP contribution in [0.2, 0.25) is 5.02 Å². The molecule has 0 radical (unpaired) electrons. The quantitative estimate of drug-likeness (QED) is 0.626. The van der Waals surface area contributed by atoms with E-state index in [1.54, 1.807) is 30.3 Å².